The quantitative estimate of drug-likeness (QED) is 0.447. The molecule has 2 N–H and O–H groups in total. The molecule has 3 nitrogen and oxygen atoms in total. The highest BCUT2D eigenvalue weighted by atomic mass is 19.2. The minimum atomic E-state index is -0.928. The molecule has 0 aromatic heterocycles. The summed E-state index contributed by atoms with van der Waals surface area (Å²) < 4.78 is 33.6. The van der Waals surface area contributed by atoms with Crippen LogP contribution in [0.15, 0.2) is 54.6 Å². The van der Waals surface area contributed by atoms with Crippen molar-refractivity contribution in [1.29, 1.82) is 0 Å². The minimum absolute atomic E-state index is 0.182. The number of hydrogen-bond donors (Lipinski definition) is 2. The molecule has 0 amide bonds. The molecule has 0 atom stereocenters. The highest BCUT2D eigenvalue weighted by Crippen LogP contribution is 2.43. The van der Waals surface area contributed by atoms with E-state index in [0.29, 0.717) is 17.9 Å². The van der Waals surface area contributed by atoms with Crippen molar-refractivity contribution in [3.05, 3.63) is 82.9 Å². The molecular formula is C27H28F2N2O. The Hall–Kier alpha value is -3.34. The Balaban J connectivity index is 1.91. The number of para-hydroxylation sites is 1. The second-order valence-electron chi connectivity index (χ2n) is 8.82. The van der Waals surface area contributed by atoms with Gasteiger partial charge in [-0.3, -0.25) is 0 Å². The number of nitrogens with one attached hydrogen (secondary N) is 2. The van der Waals surface area contributed by atoms with Crippen molar-refractivity contribution in [2.24, 2.45) is 0 Å². The number of allylic oxidation sites excluding steroid dienone is 1. The van der Waals surface area contributed by atoms with E-state index in [-0.39, 0.29) is 5.54 Å². The van der Waals surface area contributed by atoms with E-state index >= 15 is 0 Å². The van der Waals surface area contributed by atoms with Gasteiger partial charge in [0.1, 0.15) is 5.75 Å². The van der Waals surface area contributed by atoms with Gasteiger partial charge in [0.2, 0.25) is 0 Å². The van der Waals surface area contributed by atoms with E-state index in [1.54, 1.807) is 0 Å². The number of hydrogen-bond acceptors (Lipinski definition) is 3. The van der Waals surface area contributed by atoms with Crippen LogP contribution in [-0.4, -0.2) is 12.6 Å². The van der Waals surface area contributed by atoms with Gasteiger partial charge >= 0.3 is 0 Å². The van der Waals surface area contributed by atoms with E-state index in [4.69, 9.17) is 4.74 Å². The fraction of sp³-hybridized carbons (Fsp3) is 0.259. The van der Waals surface area contributed by atoms with Crippen LogP contribution in [0.5, 0.6) is 5.75 Å². The topological polar surface area (TPSA) is 33.3 Å². The molecule has 4 rings (SSSR count). The fourth-order valence-corrected chi connectivity index (χ4v) is 4.50. The van der Waals surface area contributed by atoms with Crippen LogP contribution in [0.1, 0.15) is 37.5 Å². The minimum Gasteiger partial charge on any atom is -0.496 e. The summed E-state index contributed by atoms with van der Waals surface area (Å²) in [5.41, 5.74) is 7.51. The summed E-state index contributed by atoms with van der Waals surface area (Å²) in [6.45, 7) is 8.90. The second-order valence-corrected chi connectivity index (χ2v) is 8.82. The Morgan fingerprint density at radius 1 is 0.969 bits per heavy atom. The molecule has 0 saturated carbocycles. The summed E-state index contributed by atoms with van der Waals surface area (Å²) in [5.74, 6) is -1.53. The van der Waals surface area contributed by atoms with E-state index in [0.717, 1.165) is 45.3 Å². The van der Waals surface area contributed by atoms with Gasteiger partial charge in [-0.25, -0.2) is 8.78 Å². The number of rotatable bonds is 5. The molecule has 5 heteroatoms. The summed E-state index contributed by atoms with van der Waals surface area (Å²) in [6, 6.07) is 14.3. The zero-order valence-corrected chi connectivity index (χ0v) is 19.1. The van der Waals surface area contributed by atoms with Crippen LogP contribution < -0.4 is 15.4 Å². The lowest BCUT2D eigenvalue weighted by atomic mass is 9.85. The molecule has 1 aliphatic heterocycles. The van der Waals surface area contributed by atoms with Crippen molar-refractivity contribution < 1.29 is 13.5 Å². The van der Waals surface area contributed by atoms with E-state index in [9.17, 15) is 8.78 Å². The van der Waals surface area contributed by atoms with E-state index in [1.807, 2.05) is 30.3 Å². The van der Waals surface area contributed by atoms with Crippen molar-refractivity contribution in [3.63, 3.8) is 0 Å². The van der Waals surface area contributed by atoms with E-state index in [1.165, 1.54) is 13.2 Å². The maximum atomic E-state index is 14.3. The summed E-state index contributed by atoms with van der Waals surface area (Å²) in [4.78, 5) is 0. The molecule has 1 heterocycles. The lowest BCUT2D eigenvalue weighted by Crippen LogP contribution is -2.32. The molecule has 3 aromatic rings. The highest BCUT2D eigenvalue weighted by molar-refractivity contribution is 5.88. The van der Waals surface area contributed by atoms with Crippen molar-refractivity contribution in [1.82, 2.24) is 0 Å². The van der Waals surface area contributed by atoms with Crippen molar-refractivity contribution in [3.8, 4) is 16.9 Å². The van der Waals surface area contributed by atoms with Gasteiger partial charge in [-0.05, 0) is 68.2 Å². The molecule has 32 heavy (non-hydrogen) atoms. The van der Waals surface area contributed by atoms with Crippen LogP contribution >= 0.6 is 0 Å². The molecule has 1 aliphatic rings. The predicted octanol–water partition coefficient (Wildman–Crippen LogP) is 7.17. The maximum absolute atomic E-state index is 14.3. The first-order valence-electron chi connectivity index (χ1n) is 10.7. The van der Waals surface area contributed by atoms with Gasteiger partial charge in [0, 0.05) is 35.1 Å². The third kappa shape index (κ3) is 4.07. The SMILES string of the molecule is COc1cc(F)c(F)cc1-c1ccc2c(c1CNc1ccccc1C)C(C)=CC(C)(C)N2. The maximum Gasteiger partial charge on any atom is 0.162 e. The molecule has 0 bridgehead atoms. The Kier molecular flexibility index (Phi) is 5.68. The molecule has 0 radical (unpaired) electrons. The predicted molar refractivity (Wildman–Crippen MR) is 128 cm³/mol. The molecule has 0 aliphatic carbocycles. The molecule has 0 saturated heterocycles. The Morgan fingerprint density at radius 2 is 1.69 bits per heavy atom. The van der Waals surface area contributed by atoms with Gasteiger partial charge in [0.15, 0.2) is 11.6 Å². The van der Waals surface area contributed by atoms with Crippen LogP contribution in [0.3, 0.4) is 0 Å². The first-order valence-corrected chi connectivity index (χ1v) is 10.7. The zero-order chi connectivity index (χ0) is 23.0. The smallest absolute Gasteiger partial charge is 0.162 e. The first kappa shape index (κ1) is 21.9. The molecule has 3 aromatic carbocycles. The molecule has 0 spiro atoms. The summed E-state index contributed by atoms with van der Waals surface area (Å²) in [5, 5.41) is 7.11. The number of halogens is 2. The van der Waals surface area contributed by atoms with Crippen LogP contribution in [0, 0.1) is 18.6 Å². The van der Waals surface area contributed by atoms with E-state index in [2.05, 4.69) is 50.5 Å². The number of fused-ring (bicyclic) bond motifs is 1. The van der Waals surface area contributed by atoms with Gasteiger partial charge in [-0.1, -0.05) is 30.3 Å². The summed E-state index contributed by atoms with van der Waals surface area (Å²) >= 11 is 0. The fourth-order valence-electron chi connectivity index (χ4n) is 4.50. The Bertz CT molecular complexity index is 1210. The first-order chi connectivity index (χ1) is 15.2. The van der Waals surface area contributed by atoms with Gasteiger partial charge in [0.05, 0.1) is 12.6 Å². The molecular weight excluding hydrogens is 406 g/mol. The zero-order valence-electron chi connectivity index (χ0n) is 19.1. The van der Waals surface area contributed by atoms with Crippen LogP contribution in [0.25, 0.3) is 16.7 Å². The summed E-state index contributed by atoms with van der Waals surface area (Å²) in [6.07, 6.45) is 2.19. The van der Waals surface area contributed by atoms with Gasteiger partial charge < -0.3 is 15.4 Å². The van der Waals surface area contributed by atoms with Crippen LogP contribution in [0.4, 0.5) is 20.2 Å². The van der Waals surface area contributed by atoms with Gasteiger partial charge in [-0.2, -0.15) is 0 Å². The third-order valence-corrected chi connectivity index (χ3v) is 5.87. The molecule has 0 fully saturated rings. The van der Waals surface area contributed by atoms with Crippen LogP contribution in [-0.2, 0) is 6.54 Å². The monoisotopic (exact) mass is 434 g/mol. The molecule has 0 unspecified atom stereocenters. The second kappa shape index (κ2) is 8.30. The Morgan fingerprint density at radius 3 is 2.41 bits per heavy atom. The molecule has 166 valence electrons. The summed E-state index contributed by atoms with van der Waals surface area (Å²) in [7, 11) is 1.47. The van der Waals surface area contributed by atoms with Crippen LogP contribution in [0.2, 0.25) is 0 Å². The van der Waals surface area contributed by atoms with E-state index < -0.39 is 11.6 Å². The standard InChI is InChI=1S/C27H28F2N2O/c1-16-8-6-7-9-23(16)30-15-20-18(19-12-21(28)22(29)13-25(19)32-5)10-11-24-26(20)17(2)14-27(3,4)31-24/h6-14,30-31H,15H2,1-5H3. The normalized spacial score (nSPS) is 14.3. The number of methoxy groups -OCH3 is 1. The number of anilines is 2. The third-order valence-electron chi connectivity index (χ3n) is 5.87. The number of aryl methyl sites for hydroxylation is 1. The number of benzene rings is 3. The van der Waals surface area contributed by atoms with Gasteiger partial charge in [-0.15, -0.1) is 0 Å². The number of ether oxygens (including phenoxy) is 1. The average molecular weight is 435 g/mol. The van der Waals surface area contributed by atoms with Crippen molar-refractivity contribution >= 4 is 16.9 Å². The lowest BCUT2D eigenvalue weighted by Gasteiger charge is -2.33. The lowest BCUT2D eigenvalue weighted by molar-refractivity contribution is 0.408. The van der Waals surface area contributed by atoms with Gasteiger partial charge in [0.25, 0.3) is 0 Å². The van der Waals surface area contributed by atoms with Crippen molar-refractivity contribution in [2.75, 3.05) is 17.7 Å². The highest BCUT2D eigenvalue weighted by Gasteiger charge is 2.27. The largest absolute Gasteiger partial charge is 0.496 e. The Labute approximate surface area is 188 Å². The van der Waals surface area contributed by atoms with Crippen molar-refractivity contribution in [2.45, 2.75) is 39.8 Å². The average Bonchev–Trinajstić information content (AvgIpc) is 2.73.